The summed E-state index contributed by atoms with van der Waals surface area (Å²) in [6.07, 6.45) is 1.92. The lowest BCUT2D eigenvalue weighted by atomic mass is 10.1. The molecule has 0 radical (unpaired) electrons. The minimum atomic E-state index is -3.84. The van der Waals surface area contributed by atoms with Gasteiger partial charge in [0, 0.05) is 31.2 Å². The van der Waals surface area contributed by atoms with Crippen molar-refractivity contribution >= 4 is 21.8 Å². The third-order valence-electron chi connectivity index (χ3n) is 5.17. The number of hydrogen-bond donors (Lipinski definition) is 1. The molecule has 0 bridgehead atoms. The average molecular weight is 413 g/mol. The minimum absolute atomic E-state index is 0.0357. The Morgan fingerprint density at radius 3 is 2.55 bits per heavy atom. The Hall–Kier alpha value is -2.71. The van der Waals surface area contributed by atoms with E-state index < -0.39 is 10.0 Å². The standard InChI is InChI=1S/C21H23N3O4S/c25-20-15-23(12-11-22-20)29(27,28)19-8-4-7-17(13-19)21(26)24(18-9-10-18)14-16-5-2-1-3-6-16/h1-8,13,18H,9-12,14-15H2,(H,22,25). The van der Waals surface area contributed by atoms with Crippen molar-refractivity contribution in [3.8, 4) is 0 Å². The first-order chi connectivity index (χ1) is 13.9. The number of benzene rings is 2. The van der Waals surface area contributed by atoms with E-state index in [0.29, 0.717) is 12.1 Å². The molecule has 0 aromatic heterocycles. The zero-order valence-corrected chi connectivity index (χ0v) is 16.8. The summed E-state index contributed by atoms with van der Waals surface area (Å²) >= 11 is 0. The fourth-order valence-corrected chi connectivity index (χ4v) is 4.90. The Kier molecular flexibility index (Phi) is 5.38. The van der Waals surface area contributed by atoms with Crippen LogP contribution >= 0.6 is 0 Å². The Balaban J connectivity index is 1.58. The molecule has 4 rings (SSSR count). The maximum Gasteiger partial charge on any atom is 0.254 e. The topological polar surface area (TPSA) is 86.8 Å². The van der Waals surface area contributed by atoms with Crippen LogP contribution in [0.1, 0.15) is 28.8 Å². The lowest BCUT2D eigenvalue weighted by molar-refractivity contribution is -0.122. The van der Waals surface area contributed by atoms with Crippen molar-refractivity contribution in [2.75, 3.05) is 19.6 Å². The predicted molar refractivity (Wildman–Crippen MR) is 108 cm³/mol. The molecule has 1 saturated carbocycles. The molecule has 1 heterocycles. The second-order valence-corrected chi connectivity index (χ2v) is 9.30. The number of piperazine rings is 1. The molecule has 2 aromatic rings. The third-order valence-corrected chi connectivity index (χ3v) is 7.01. The molecule has 7 nitrogen and oxygen atoms in total. The van der Waals surface area contributed by atoms with Gasteiger partial charge in [-0.3, -0.25) is 9.59 Å². The second kappa shape index (κ2) is 7.96. The van der Waals surface area contributed by atoms with Gasteiger partial charge in [0.25, 0.3) is 5.91 Å². The molecule has 0 atom stereocenters. The predicted octanol–water partition coefficient (Wildman–Crippen LogP) is 1.61. The molecule has 0 unspecified atom stereocenters. The lowest BCUT2D eigenvalue weighted by Gasteiger charge is -2.26. The molecular weight excluding hydrogens is 390 g/mol. The monoisotopic (exact) mass is 413 g/mol. The molecule has 2 aliphatic rings. The number of nitrogens with one attached hydrogen (secondary N) is 1. The van der Waals surface area contributed by atoms with E-state index in [0.717, 1.165) is 22.7 Å². The van der Waals surface area contributed by atoms with Crippen LogP contribution in [-0.4, -0.2) is 55.1 Å². The number of amides is 2. The zero-order chi connectivity index (χ0) is 20.4. The molecular formula is C21H23N3O4S. The Morgan fingerprint density at radius 2 is 1.86 bits per heavy atom. The molecule has 1 saturated heterocycles. The first kappa shape index (κ1) is 19.6. The Morgan fingerprint density at radius 1 is 1.10 bits per heavy atom. The van der Waals surface area contributed by atoms with Gasteiger partial charge in [-0.05, 0) is 36.6 Å². The molecule has 29 heavy (non-hydrogen) atoms. The summed E-state index contributed by atoms with van der Waals surface area (Å²) in [5.41, 5.74) is 1.38. The summed E-state index contributed by atoms with van der Waals surface area (Å²) in [6.45, 7) is 0.786. The molecule has 2 amide bonds. The third kappa shape index (κ3) is 4.33. The summed E-state index contributed by atoms with van der Waals surface area (Å²) in [5.74, 6) is -0.500. The van der Waals surface area contributed by atoms with Gasteiger partial charge in [0.15, 0.2) is 0 Å². The van der Waals surface area contributed by atoms with Crippen molar-refractivity contribution in [3.05, 3.63) is 65.7 Å². The molecule has 2 aromatic carbocycles. The smallest absolute Gasteiger partial charge is 0.254 e. The highest BCUT2D eigenvalue weighted by atomic mass is 32.2. The number of carbonyl (C=O) groups excluding carboxylic acids is 2. The van der Waals surface area contributed by atoms with Crippen LogP contribution < -0.4 is 5.32 Å². The van der Waals surface area contributed by atoms with Crippen LogP contribution in [0.4, 0.5) is 0 Å². The minimum Gasteiger partial charge on any atom is -0.354 e. The number of sulfonamides is 1. The summed E-state index contributed by atoms with van der Waals surface area (Å²) in [4.78, 5) is 26.6. The van der Waals surface area contributed by atoms with Crippen molar-refractivity contribution < 1.29 is 18.0 Å². The average Bonchev–Trinajstić information content (AvgIpc) is 3.57. The van der Waals surface area contributed by atoms with E-state index in [1.807, 2.05) is 35.2 Å². The first-order valence-electron chi connectivity index (χ1n) is 9.67. The Bertz CT molecular complexity index is 1020. The Labute approximate surface area is 170 Å². The van der Waals surface area contributed by atoms with Gasteiger partial charge in [0.05, 0.1) is 11.4 Å². The molecule has 2 fully saturated rings. The van der Waals surface area contributed by atoms with Crippen LogP contribution in [0.2, 0.25) is 0 Å². The molecule has 1 aliphatic carbocycles. The van der Waals surface area contributed by atoms with Crippen LogP contribution in [0.5, 0.6) is 0 Å². The highest BCUT2D eigenvalue weighted by Crippen LogP contribution is 2.30. The number of carbonyl (C=O) groups is 2. The van der Waals surface area contributed by atoms with Gasteiger partial charge in [0.1, 0.15) is 0 Å². The van der Waals surface area contributed by atoms with Gasteiger partial charge in [0.2, 0.25) is 15.9 Å². The number of hydrogen-bond acceptors (Lipinski definition) is 4. The van der Waals surface area contributed by atoms with Crippen LogP contribution in [0.3, 0.4) is 0 Å². The van der Waals surface area contributed by atoms with Crippen molar-refractivity contribution in [1.29, 1.82) is 0 Å². The van der Waals surface area contributed by atoms with E-state index in [1.165, 1.54) is 12.1 Å². The normalized spacial score (nSPS) is 17.6. The van der Waals surface area contributed by atoms with Gasteiger partial charge in [-0.25, -0.2) is 8.42 Å². The van der Waals surface area contributed by atoms with Crippen LogP contribution in [-0.2, 0) is 21.4 Å². The summed E-state index contributed by atoms with van der Waals surface area (Å²) in [5, 5.41) is 2.62. The highest BCUT2D eigenvalue weighted by molar-refractivity contribution is 7.89. The number of nitrogens with zero attached hydrogens (tertiary/aromatic N) is 2. The van der Waals surface area contributed by atoms with Crippen molar-refractivity contribution in [2.24, 2.45) is 0 Å². The van der Waals surface area contributed by atoms with E-state index in [-0.39, 0.29) is 42.4 Å². The van der Waals surface area contributed by atoms with Crippen molar-refractivity contribution in [1.82, 2.24) is 14.5 Å². The van der Waals surface area contributed by atoms with E-state index in [9.17, 15) is 18.0 Å². The molecule has 8 heteroatoms. The quantitative estimate of drug-likeness (QED) is 0.780. The summed E-state index contributed by atoms with van der Waals surface area (Å²) in [7, 11) is -3.84. The van der Waals surface area contributed by atoms with Gasteiger partial charge in [-0.1, -0.05) is 36.4 Å². The second-order valence-electron chi connectivity index (χ2n) is 7.37. The zero-order valence-electron chi connectivity index (χ0n) is 16.0. The van der Waals surface area contributed by atoms with E-state index in [2.05, 4.69) is 5.32 Å². The maximum absolute atomic E-state index is 13.2. The van der Waals surface area contributed by atoms with Gasteiger partial charge in [-0.2, -0.15) is 4.31 Å². The van der Waals surface area contributed by atoms with Crippen LogP contribution in [0.15, 0.2) is 59.5 Å². The highest BCUT2D eigenvalue weighted by Gasteiger charge is 2.34. The first-order valence-corrected chi connectivity index (χ1v) is 11.1. The van der Waals surface area contributed by atoms with E-state index >= 15 is 0 Å². The van der Waals surface area contributed by atoms with E-state index in [4.69, 9.17) is 0 Å². The molecule has 1 N–H and O–H groups in total. The van der Waals surface area contributed by atoms with Gasteiger partial charge in [-0.15, -0.1) is 0 Å². The molecule has 1 aliphatic heterocycles. The lowest BCUT2D eigenvalue weighted by Crippen LogP contribution is -2.49. The van der Waals surface area contributed by atoms with E-state index in [1.54, 1.807) is 12.1 Å². The van der Waals surface area contributed by atoms with Crippen LogP contribution in [0.25, 0.3) is 0 Å². The fourth-order valence-electron chi connectivity index (χ4n) is 3.46. The summed E-state index contributed by atoms with van der Waals surface area (Å²) in [6, 6.07) is 16.1. The van der Waals surface area contributed by atoms with Crippen LogP contribution in [0, 0.1) is 0 Å². The van der Waals surface area contributed by atoms with Gasteiger partial charge >= 0.3 is 0 Å². The molecule has 0 spiro atoms. The fraction of sp³-hybridized carbons (Fsp3) is 0.333. The largest absolute Gasteiger partial charge is 0.354 e. The number of rotatable bonds is 6. The molecule has 152 valence electrons. The van der Waals surface area contributed by atoms with Gasteiger partial charge < -0.3 is 10.2 Å². The summed E-state index contributed by atoms with van der Waals surface area (Å²) < 4.78 is 27.0. The van der Waals surface area contributed by atoms with Crippen molar-refractivity contribution in [2.45, 2.75) is 30.3 Å². The maximum atomic E-state index is 13.2. The van der Waals surface area contributed by atoms with Crippen molar-refractivity contribution in [3.63, 3.8) is 0 Å². The SMILES string of the molecule is O=C1CN(S(=O)(=O)c2cccc(C(=O)N(Cc3ccccc3)C3CC3)c2)CCN1.